The van der Waals surface area contributed by atoms with Crippen molar-refractivity contribution in [1.29, 1.82) is 0 Å². The van der Waals surface area contributed by atoms with Crippen LogP contribution in [0, 0.1) is 0 Å². The third-order valence-corrected chi connectivity index (χ3v) is 4.45. The maximum absolute atomic E-state index is 12.7. The average Bonchev–Trinajstić information content (AvgIpc) is 2.85. The number of aliphatic carboxylic acids is 1. The van der Waals surface area contributed by atoms with Crippen LogP contribution in [0.5, 0.6) is 0 Å². The average molecular weight is 315 g/mol. The summed E-state index contributed by atoms with van der Waals surface area (Å²) in [7, 11) is 1.66. The van der Waals surface area contributed by atoms with Crippen LogP contribution in [-0.4, -0.2) is 94.7 Å². The lowest BCUT2D eigenvalue weighted by Gasteiger charge is -2.31. The number of carboxylic acid groups (broad SMARTS) is 1. The number of aliphatic hydroxyl groups is 1. The summed E-state index contributed by atoms with van der Waals surface area (Å²) in [5.74, 6) is -0.912. The molecule has 1 fully saturated rings. The second kappa shape index (κ2) is 8.45. The van der Waals surface area contributed by atoms with Gasteiger partial charge in [-0.3, -0.25) is 19.4 Å². The molecule has 3 atom stereocenters. The summed E-state index contributed by atoms with van der Waals surface area (Å²) in [6.07, 6.45) is 0.0189. The second-order valence-electron chi connectivity index (χ2n) is 5.83. The summed E-state index contributed by atoms with van der Waals surface area (Å²) in [4.78, 5) is 28.9. The molecule has 0 unspecified atom stereocenters. The second-order valence-corrected chi connectivity index (χ2v) is 5.83. The van der Waals surface area contributed by atoms with Gasteiger partial charge in [0, 0.05) is 13.1 Å². The van der Waals surface area contributed by atoms with Crippen LogP contribution in [0.25, 0.3) is 0 Å². The van der Waals surface area contributed by atoms with Crippen molar-refractivity contribution < 1.29 is 19.8 Å². The van der Waals surface area contributed by atoms with E-state index in [-0.39, 0.29) is 31.1 Å². The van der Waals surface area contributed by atoms with Gasteiger partial charge in [0.25, 0.3) is 0 Å². The monoisotopic (exact) mass is 315 g/mol. The summed E-state index contributed by atoms with van der Waals surface area (Å²) < 4.78 is 0. The van der Waals surface area contributed by atoms with Crippen molar-refractivity contribution in [2.45, 2.75) is 45.4 Å². The molecule has 7 heteroatoms. The molecule has 22 heavy (non-hydrogen) atoms. The zero-order valence-corrected chi connectivity index (χ0v) is 14.0. The molecule has 1 amide bonds. The van der Waals surface area contributed by atoms with E-state index in [1.165, 1.54) is 0 Å². The predicted octanol–water partition coefficient (Wildman–Crippen LogP) is -0.305. The summed E-state index contributed by atoms with van der Waals surface area (Å²) in [5.41, 5.74) is 0. The Morgan fingerprint density at radius 1 is 1.23 bits per heavy atom. The van der Waals surface area contributed by atoms with Crippen molar-refractivity contribution in [2.75, 3.05) is 39.8 Å². The molecule has 0 aromatic rings. The third kappa shape index (κ3) is 4.41. The number of carbonyl (C=O) groups is 2. The summed E-state index contributed by atoms with van der Waals surface area (Å²) in [6.45, 7) is 8.16. The Morgan fingerprint density at radius 2 is 1.82 bits per heavy atom. The van der Waals surface area contributed by atoms with Crippen molar-refractivity contribution >= 4 is 11.9 Å². The molecule has 0 bridgehead atoms. The number of likely N-dealkylation sites (tertiary alicyclic amines) is 1. The highest BCUT2D eigenvalue weighted by molar-refractivity contribution is 5.82. The molecule has 1 rings (SSSR count). The highest BCUT2D eigenvalue weighted by Gasteiger charge is 2.39. The van der Waals surface area contributed by atoms with Crippen LogP contribution in [0.4, 0.5) is 0 Å². The van der Waals surface area contributed by atoms with Crippen molar-refractivity contribution in [1.82, 2.24) is 14.7 Å². The molecule has 0 radical (unpaired) electrons. The number of β-amino-alcohol motifs (C(OH)–C–C–N with tert-alkyl or cyclic N) is 1. The van der Waals surface area contributed by atoms with Gasteiger partial charge in [-0.25, -0.2) is 0 Å². The molecule has 7 nitrogen and oxygen atoms in total. The fraction of sp³-hybridized carbons (Fsp3) is 0.867. The first-order chi connectivity index (χ1) is 10.3. The SMILES string of the molecule is CC[C@H](C(=O)N1C[C@@H](O)[C@H](N(C)CC(=O)O)C1)N(CC)CC. The highest BCUT2D eigenvalue weighted by Crippen LogP contribution is 2.18. The van der Waals surface area contributed by atoms with E-state index < -0.39 is 12.1 Å². The van der Waals surface area contributed by atoms with Crippen molar-refractivity contribution in [2.24, 2.45) is 0 Å². The summed E-state index contributed by atoms with van der Waals surface area (Å²) in [6, 6.07) is -0.500. The van der Waals surface area contributed by atoms with Gasteiger partial charge in [-0.15, -0.1) is 0 Å². The minimum absolute atomic E-state index is 0.0245. The predicted molar refractivity (Wildman–Crippen MR) is 83.6 cm³/mol. The van der Waals surface area contributed by atoms with Crippen LogP contribution in [0.1, 0.15) is 27.2 Å². The van der Waals surface area contributed by atoms with Crippen molar-refractivity contribution in [3.63, 3.8) is 0 Å². The molecule has 0 aliphatic carbocycles. The first-order valence-corrected chi connectivity index (χ1v) is 7.98. The maximum Gasteiger partial charge on any atom is 0.317 e. The lowest BCUT2D eigenvalue weighted by Crippen LogP contribution is -2.48. The Bertz CT molecular complexity index is 387. The zero-order chi connectivity index (χ0) is 16.9. The number of carbonyl (C=O) groups excluding carboxylic acids is 1. The molecule has 0 spiro atoms. The number of hydrogen-bond donors (Lipinski definition) is 2. The van der Waals surface area contributed by atoms with Gasteiger partial charge in [0.15, 0.2) is 0 Å². The van der Waals surface area contributed by atoms with E-state index >= 15 is 0 Å². The van der Waals surface area contributed by atoms with E-state index in [4.69, 9.17) is 5.11 Å². The van der Waals surface area contributed by atoms with E-state index in [2.05, 4.69) is 4.90 Å². The van der Waals surface area contributed by atoms with Crippen LogP contribution >= 0.6 is 0 Å². The topological polar surface area (TPSA) is 84.3 Å². The van der Waals surface area contributed by atoms with Gasteiger partial charge in [0.2, 0.25) is 5.91 Å². The lowest BCUT2D eigenvalue weighted by molar-refractivity contribution is -0.138. The number of carboxylic acids is 1. The molecule has 1 heterocycles. The number of hydrogen-bond acceptors (Lipinski definition) is 5. The minimum atomic E-state index is -0.936. The maximum atomic E-state index is 12.7. The van der Waals surface area contributed by atoms with E-state index in [0.29, 0.717) is 6.54 Å². The molecule has 0 aromatic carbocycles. The third-order valence-electron chi connectivity index (χ3n) is 4.45. The van der Waals surface area contributed by atoms with Crippen molar-refractivity contribution in [3.05, 3.63) is 0 Å². The summed E-state index contributed by atoms with van der Waals surface area (Å²) in [5, 5.41) is 19.0. The standard InChI is InChI=1S/C15H29N3O4/c1-5-11(17(6-2)7-3)15(22)18-8-12(13(19)9-18)16(4)10-14(20)21/h11-13,19H,5-10H2,1-4H3,(H,20,21)/t11-,12-,13-/m1/s1. The number of aliphatic hydroxyl groups excluding tert-OH is 1. The molecule has 128 valence electrons. The number of likely N-dealkylation sites (N-methyl/N-ethyl adjacent to an activating group) is 2. The fourth-order valence-corrected chi connectivity index (χ4v) is 3.18. The molecular weight excluding hydrogens is 286 g/mol. The number of nitrogens with zero attached hydrogens (tertiary/aromatic N) is 3. The molecule has 0 saturated carbocycles. The Labute approximate surface area is 132 Å². The Balaban J connectivity index is 2.74. The molecular formula is C15H29N3O4. The lowest BCUT2D eigenvalue weighted by atomic mass is 10.1. The number of amides is 1. The largest absolute Gasteiger partial charge is 0.480 e. The number of rotatable bonds is 8. The van der Waals surface area contributed by atoms with Gasteiger partial charge in [-0.05, 0) is 26.6 Å². The molecule has 2 N–H and O–H groups in total. The van der Waals surface area contributed by atoms with E-state index in [0.717, 1.165) is 19.5 Å². The van der Waals surface area contributed by atoms with Gasteiger partial charge in [-0.1, -0.05) is 20.8 Å². The van der Waals surface area contributed by atoms with Gasteiger partial charge in [0.1, 0.15) is 0 Å². The van der Waals surface area contributed by atoms with E-state index in [1.54, 1.807) is 16.8 Å². The minimum Gasteiger partial charge on any atom is -0.480 e. The summed E-state index contributed by atoms with van der Waals surface area (Å²) >= 11 is 0. The van der Waals surface area contributed by atoms with Crippen LogP contribution < -0.4 is 0 Å². The fourth-order valence-electron chi connectivity index (χ4n) is 3.18. The van der Waals surface area contributed by atoms with Crippen LogP contribution in [0.15, 0.2) is 0 Å². The smallest absolute Gasteiger partial charge is 0.317 e. The Morgan fingerprint density at radius 3 is 2.27 bits per heavy atom. The highest BCUT2D eigenvalue weighted by atomic mass is 16.4. The Hall–Kier alpha value is -1.18. The van der Waals surface area contributed by atoms with Gasteiger partial charge >= 0.3 is 5.97 Å². The molecule has 1 saturated heterocycles. The van der Waals surface area contributed by atoms with Crippen LogP contribution in [0.2, 0.25) is 0 Å². The van der Waals surface area contributed by atoms with Gasteiger partial charge < -0.3 is 15.1 Å². The molecule has 1 aliphatic rings. The van der Waals surface area contributed by atoms with E-state index in [1.807, 2.05) is 20.8 Å². The van der Waals surface area contributed by atoms with Gasteiger partial charge in [0.05, 0.1) is 24.7 Å². The Kier molecular flexibility index (Phi) is 7.25. The van der Waals surface area contributed by atoms with Crippen LogP contribution in [0.3, 0.4) is 0 Å². The van der Waals surface area contributed by atoms with Crippen molar-refractivity contribution in [3.8, 4) is 0 Å². The zero-order valence-electron chi connectivity index (χ0n) is 14.0. The quantitative estimate of drug-likeness (QED) is 0.639. The molecule has 1 aliphatic heterocycles. The first-order valence-electron chi connectivity index (χ1n) is 7.98. The van der Waals surface area contributed by atoms with E-state index in [9.17, 15) is 14.7 Å². The molecule has 0 aromatic heterocycles. The normalized spacial score (nSPS) is 23.3. The van der Waals surface area contributed by atoms with Gasteiger partial charge in [-0.2, -0.15) is 0 Å². The first kappa shape index (κ1) is 18.9. The van der Waals surface area contributed by atoms with Crippen LogP contribution in [-0.2, 0) is 9.59 Å².